The molecule has 1 amide bonds. The van der Waals surface area contributed by atoms with Gasteiger partial charge < -0.3 is 19.5 Å². The van der Waals surface area contributed by atoms with E-state index in [1.165, 1.54) is 0 Å². The van der Waals surface area contributed by atoms with Crippen LogP contribution in [0.1, 0.15) is 13.8 Å². The van der Waals surface area contributed by atoms with Gasteiger partial charge in [-0.25, -0.2) is 4.79 Å². The largest absolute Gasteiger partial charge is 0.494 e. The lowest BCUT2D eigenvalue weighted by atomic mass is 10.3. The van der Waals surface area contributed by atoms with Gasteiger partial charge in [-0.05, 0) is 62.4 Å². The smallest absolute Gasteiger partial charge is 0.347 e. The molecule has 0 aliphatic carbocycles. The standard InChI is InChI=1S/C19H20ClNO5/c1-3-24-16-10-6-15(7-11-16)21-18(22)12-25-19(23)13(2)26-17-8-4-14(20)5-9-17/h4-11,13H,3,12H2,1-2H3,(H,21,22). The van der Waals surface area contributed by atoms with Crippen molar-refractivity contribution in [2.45, 2.75) is 20.0 Å². The summed E-state index contributed by atoms with van der Waals surface area (Å²) in [6, 6.07) is 13.5. The Labute approximate surface area is 157 Å². The molecule has 2 aromatic rings. The zero-order chi connectivity index (χ0) is 18.9. The van der Waals surface area contributed by atoms with Crippen LogP contribution in [0.25, 0.3) is 0 Å². The van der Waals surface area contributed by atoms with Gasteiger partial charge in [-0.3, -0.25) is 4.79 Å². The Balaban J connectivity index is 1.76. The number of benzene rings is 2. The summed E-state index contributed by atoms with van der Waals surface area (Å²) in [5.41, 5.74) is 0.583. The molecule has 0 bridgehead atoms. The number of hydrogen-bond acceptors (Lipinski definition) is 5. The van der Waals surface area contributed by atoms with Crippen molar-refractivity contribution in [2.75, 3.05) is 18.5 Å². The summed E-state index contributed by atoms with van der Waals surface area (Å²) in [7, 11) is 0. The molecule has 0 spiro atoms. The van der Waals surface area contributed by atoms with Crippen molar-refractivity contribution >= 4 is 29.2 Å². The van der Waals surface area contributed by atoms with Gasteiger partial charge in [0.2, 0.25) is 0 Å². The summed E-state index contributed by atoms with van der Waals surface area (Å²) in [6.07, 6.45) is -0.852. The number of hydrogen-bond donors (Lipinski definition) is 1. The molecule has 138 valence electrons. The highest BCUT2D eigenvalue weighted by Crippen LogP contribution is 2.17. The van der Waals surface area contributed by atoms with Gasteiger partial charge in [0.05, 0.1) is 6.61 Å². The van der Waals surface area contributed by atoms with Gasteiger partial charge in [-0.2, -0.15) is 0 Å². The second kappa shape index (κ2) is 9.68. The van der Waals surface area contributed by atoms with Crippen molar-refractivity contribution in [2.24, 2.45) is 0 Å². The van der Waals surface area contributed by atoms with Crippen LogP contribution in [0.4, 0.5) is 5.69 Å². The summed E-state index contributed by atoms with van der Waals surface area (Å²) < 4.78 is 15.7. The van der Waals surface area contributed by atoms with E-state index in [1.807, 2.05) is 6.92 Å². The second-order valence-corrected chi connectivity index (χ2v) is 5.76. The summed E-state index contributed by atoms with van der Waals surface area (Å²) in [5, 5.41) is 3.20. The number of halogens is 1. The van der Waals surface area contributed by atoms with Crippen LogP contribution < -0.4 is 14.8 Å². The lowest BCUT2D eigenvalue weighted by Gasteiger charge is -2.14. The van der Waals surface area contributed by atoms with Crippen LogP contribution in [0.2, 0.25) is 5.02 Å². The maximum absolute atomic E-state index is 11.9. The highest BCUT2D eigenvalue weighted by molar-refractivity contribution is 6.30. The summed E-state index contributed by atoms with van der Waals surface area (Å²) >= 11 is 5.79. The Morgan fingerprint density at radius 1 is 1.04 bits per heavy atom. The van der Waals surface area contributed by atoms with E-state index in [2.05, 4.69) is 5.32 Å². The van der Waals surface area contributed by atoms with Crippen molar-refractivity contribution in [3.05, 3.63) is 53.6 Å². The van der Waals surface area contributed by atoms with Crippen LogP contribution in [-0.4, -0.2) is 31.2 Å². The molecule has 0 heterocycles. The van der Waals surface area contributed by atoms with Crippen molar-refractivity contribution in [1.82, 2.24) is 0 Å². The molecule has 2 rings (SSSR count). The minimum atomic E-state index is -0.852. The Morgan fingerprint density at radius 3 is 2.27 bits per heavy atom. The molecule has 6 nitrogen and oxygen atoms in total. The maximum Gasteiger partial charge on any atom is 0.347 e. The van der Waals surface area contributed by atoms with Gasteiger partial charge in [0.1, 0.15) is 11.5 Å². The van der Waals surface area contributed by atoms with E-state index < -0.39 is 24.6 Å². The molecular weight excluding hydrogens is 358 g/mol. The Hall–Kier alpha value is -2.73. The molecule has 1 unspecified atom stereocenters. The van der Waals surface area contributed by atoms with Gasteiger partial charge in [-0.1, -0.05) is 11.6 Å². The first kappa shape index (κ1) is 19.6. The number of carbonyl (C=O) groups is 2. The molecule has 7 heteroatoms. The quantitative estimate of drug-likeness (QED) is 0.710. The second-order valence-electron chi connectivity index (χ2n) is 5.33. The average Bonchev–Trinajstić information content (AvgIpc) is 2.63. The van der Waals surface area contributed by atoms with Gasteiger partial charge in [0.25, 0.3) is 5.91 Å². The number of rotatable bonds is 8. The third kappa shape index (κ3) is 6.29. The van der Waals surface area contributed by atoms with Crippen LogP contribution >= 0.6 is 11.6 Å². The lowest BCUT2D eigenvalue weighted by Crippen LogP contribution is -2.29. The normalized spacial score (nSPS) is 11.3. The topological polar surface area (TPSA) is 73.9 Å². The number of amides is 1. The minimum absolute atomic E-state index is 0.402. The van der Waals surface area contributed by atoms with Crippen LogP contribution in [0.5, 0.6) is 11.5 Å². The molecule has 0 aromatic heterocycles. The molecule has 0 saturated carbocycles. The third-order valence-corrected chi connectivity index (χ3v) is 3.51. The zero-order valence-corrected chi connectivity index (χ0v) is 15.3. The van der Waals surface area contributed by atoms with Crippen LogP contribution in [0.3, 0.4) is 0 Å². The van der Waals surface area contributed by atoms with Gasteiger partial charge in [0, 0.05) is 10.7 Å². The molecule has 2 aromatic carbocycles. The summed E-state index contributed by atoms with van der Waals surface area (Å²) in [5.74, 6) is 0.116. The summed E-state index contributed by atoms with van der Waals surface area (Å²) in [4.78, 5) is 23.8. The number of ether oxygens (including phenoxy) is 3. The number of anilines is 1. The Bertz CT molecular complexity index is 731. The molecule has 0 saturated heterocycles. The molecular formula is C19H20ClNO5. The lowest BCUT2D eigenvalue weighted by molar-refractivity contribution is -0.153. The number of esters is 1. The van der Waals surface area contributed by atoms with Crippen LogP contribution in [-0.2, 0) is 14.3 Å². The van der Waals surface area contributed by atoms with E-state index in [1.54, 1.807) is 55.5 Å². The molecule has 1 atom stereocenters. The molecule has 0 radical (unpaired) electrons. The predicted octanol–water partition coefficient (Wildman–Crippen LogP) is 3.69. The van der Waals surface area contributed by atoms with Gasteiger partial charge in [0.15, 0.2) is 12.7 Å². The monoisotopic (exact) mass is 377 g/mol. The maximum atomic E-state index is 11.9. The van der Waals surface area contributed by atoms with E-state index >= 15 is 0 Å². The first-order chi connectivity index (χ1) is 12.5. The minimum Gasteiger partial charge on any atom is -0.494 e. The fraction of sp³-hybridized carbons (Fsp3) is 0.263. The van der Waals surface area contributed by atoms with Crippen LogP contribution in [0.15, 0.2) is 48.5 Å². The van der Waals surface area contributed by atoms with Gasteiger partial charge in [-0.15, -0.1) is 0 Å². The Morgan fingerprint density at radius 2 is 1.65 bits per heavy atom. The highest BCUT2D eigenvalue weighted by atomic mass is 35.5. The van der Waals surface area contributed by atoms with E-state index in [-0.39, 0.29) is 0 Å². The average molecular weight is 378 g/mol. The fourth-order valence-electron chi connectivity index (χ4n) is 2.02. The number of carbonyl (C=O) groups excluding carboxylic acids is 2. The first-order valence-electron chi connectivity index (χ1n) is 8.09. The number of nitrogens with one attached hydrogen (secondary N) is 1. The van der Waals surface area contributed by atoms with E-state index in [0.717, 1.165) is 0 Å². The highest BCUT2D eigenvalue weighted by Gasteiger charge is 2.18. The first-order valence-corrected chi connectivity index (χ1v) is 8.47. The molecule has 0 aliphatic heterocycles. The van der Waals surface area contributed by atoms with E-state index in [9.17, 15) is 9.59 Å². The SMILES string of the molecule is CCOc1ccc(NC(=O)COC(=O)C(C)Oc2ccc(Cl)cc2)cc1. The third-order valence-electron chi connectivity index (χ3n) is 3.25. The zero-order valence-electron chi connectivity index (χ0n) is 14.5. The van der Waals surface area contributed by atoms with E-state index in [4.69, 9.17) is 25.8 Å². The Kier molecular flexibility index (Phi) is 7.29. The van der Waals surface area contributed by atoms with Gasteiger partial charge >= 0.3 is 5.97 Å². The van der Waals surface area contributed by atoms with Crippen molar-refractivity contribution < 1.29 is 23.8 Å². The molecule has 0 aliphatic rings. The molecule has 0 fully saturated rings. The summed E-state index contributed by atoms with van der Waals surface area (Å²) in [6.45, 7) is 3.60. The molecule has 26 heavy (non-hydrogen) atoms. The van der Waals surface area contributed by atoms with Crippen molar-refractivity contribution in [1.29, 1.82) is 0 Å². The molecule has 1 N–H and O–H groups in total. The van der Waals surface area contributed by atoms with Crippen molar-refractivity contribution in [3.63, 3.8) is 0 Å². The predicted molar refractivity (Wildman–Crippen MR) is 98.7 cm³/mol. The van der Waals surface area contributed by atoms with E-state index in [0.29, 0.717) is 28.8 Å². The fourth-order valence-corrected chi connectivity index (χ4v) is 2.14. The van der Waals surface area contributed by atoms with Crippen LogP contribution in [0, 0.1) is 0 Å². The van der Waals surface area contributed by atoms with Crippen molar-refractivity contribution in [3.8, 4) is 11.5 Å².